The molecule has 2 saturated heterocycles. The minimum absolute atomic E-state index is 0.256. The van der Waals surface area contributed by atoms with Crippen LogP contribution in [0.3, 0.4) is 0 Å². The van der Waals surface area contributed by atoms with Crippen LogP contribution in [-0.2, 0) is 29.9 Å². The Morgan fingerprint density at radius 3 is 1.57 bits per heavy atom. The molecule has 0 bridgehead atoms. The Bertz CT molecular complexity index is 1660. The Morgan fingerprint density at radius 2 is 1.12 bits per heavy atom. The second kappa shape index (κ2) is 18.5. The minimum atomic E-state index is -0.616. The van der Waals surface area contributed by atoms with Crippen LogP contribution in [0.4, 0.5) is 0 Å². The van der Waals surface area contributed by atoms with Crippen LogP contribution in [0, 0.1) is 0 Å². The molecule has 49 heavy (non-hydrogen) atoms. The van der Waals surface area contributed by atoms with Crippen LogP contribution >= 0.6 is 40.3 Å². The molecular formula is C38H43BrN2O6S2. The normalized spacial score (nSPS) is 16.1. The van der Waals surface area contributed by atoms with Crippen molar-refractivity contribution in [3.05, 3.63) is 113 Å². The molecule has 0 spiro atoms. The van der Waals surface area contributed by atoms with Gasteiger partial charge in [-0.3, -0.25) is 9.59 Å². The molecule has 0 aromatic heterocycles. The van der Waals surface area contributed by atoms with Crippen LogP contribution in [0.5, 0.6) is 11.5 Å². The van der Waals surface area contributed by atoms with E-state index in [0.717, 1.165) is 41.8 Å². The predicted octanol–water partition coefficient (Wildman–Crippen LogP) is 7.35. The molecule has 0 unspecified atom stereocenters. The van der Waals surface area contributed by atoms with Crippen molar-refractivity contribution in [3.8, 4) is 11.5 Å². The quantitative estimate of drug-likeness (QED) is 0.160. The van der Waals surface area contributed by atoms with Gasteiger partial charge in [0.1, 0.15) is 11.5 Å². The van der Waals surface area contributed by atoms with Crippen molar-refractivity contribution in [1.82, 2.24) is 0 Å². The van der Waals surface area contributed by atoms with E-state index in [1.54, 1.807) is 26.0 Å². The number of carbonyl (C=O) groups excluding carboxylic acids is 2. The molecule has 2 fully saturated rings. The zero-order chi connectivity index (χ0) is 35.3. The van der Waals surface area contributed by atoms with E-state index >= 15 is 0 Å². The van der Waals surface area contributed by atoms with E-state index in [-0.39, 0.29) is 11.8 Å². The third kappa shape index (κ3) is 10.3. The highest BCUT2D eigenvalue weighted by Crippen LogP contribution is 2.38. The third-order valence-electron chi connectivity index (χ3n) is 8.77. The summed E-state index contributed by atoms with van der Waals surface area (Å²) in [4.78, 5) is 27.1. The molecule has 0 aliphatic carbocycles. The standard InChI is InChI=1S/C19H21NO3S.C12H14BrNO2.C7H8OS/c1-22-15-5-7-16(8-6-15)24-17-4-2-3-14(13-17)19(18(20)21)9-11-23-12-10-19;13-10-3-1-2-9(8-10)12(11(14)15)4-6-16-7-5-12;1-8-6-2-4-7(9)5-3-6/h2-8,13H,9-12H2,1H3,(H2,20,21);1-3,8H,4-7H2,(H2,14,15);2-5,9H,1H3. The molecule has 0 radical (unpaired) electrons. The number of primary amides is 2. The fourth-order valence-corrected chi connectivity index (χ4v) is 7.23. The fraction of sp³-hybridized carbons (Fsp3) is 0.316. The first-order chi connectivity index (χ1) is 23.6. The first-order valence-electron chi connectivity index (χ1n) is 15.9. The monoisotopic (exact) mass is 766 g/mol. The van der Waals surface area contributed by atoms with E-state index in [1.807, 2.05) is 91.0 Å². The SMILES string of the molecule is COc1ccc(S)cc1.COc1ccc(Sc2cccc(C3(C(N)=O)CCOCC3)c2)cc1.NC(=O)C1(c2cccc(Br)c2)CCOCC1. The van der Waals surface area contributed by atoms with Crippen LogP contribution in [0.25, 0.3) is 0 Å². The Kier molecular flexibility index (Phi) is 14.5. The average molecular weight is 768 g/mol. The molecule has 6 rings (SSSR count). The molecule has 2 heterocycles. The number of benzene rings is 4. The highest BCUT2D eigenvalue weighted by atomic mass is 79.9. The van der Waals surface area contributed by atoms with Gasteiger partial charge < -0.3 is 30.4 Å². The fourth-order valence-electron chi connectivity index (χ4n) is 5.80. The number of amides is 2. The molecule has 11 heteroatoms. The van der Waals surface area contributed by atoms with Gasteiger partial charge in [0.2, 0.25) is 11.8 Å². The molecule has 260 valence electrons. The predicted molar refractivity (Wildman–Crippen MR) is 200 cm³/mol. The van der Waals surface area contributed by atoms with E-state index < -0.39 is 10.8 Å². The zero-order valence-corrected chi connectivity index (χ0v) is 31.0. The summed E-state index contributed by atoms with van der Waals surface area (Å²) in [5.41, 5.74) is 12.1. The second-order valence-electron chi connectivity index (χ2n) is 11.6. The van der Waals surface area contributed by atoms with Gasteiger partial charge in [-0.25, -0.2) is 0 Å². The molecule has 2 amide bonds. The summed E-state index contributed by atoms with van der Waals surface area (Å²) in [6.07, 6.45) is 2.61. The van der Waals surface area contributed by atoms with Crippen molar-refractivity contribution in [2.75, 3.05) is 40.6 Å². The molecule has 2 aliphatic heterocycles. The number of rotatable bonds is 8. The van der Waals surface area contributed by atoms with Crippen molar-refractivity contribution in [3.63, 3.8) is 0 Å². The van der Waals surface area contributed by atoms with Crippen molar-refractivity contribution in [2.24, 2.45) is 11.5 Å². The molecule has 4 aromatic rings. The van der Waals surface area contributed by atoms with Gasteiger partial charge in [-0.05, 0) is 110 Å². The van der Waals surface area contributed by atoms with Gasteiger partial charge in [-0.2, -0.15) is 0 Å². The van der Waals surface area contributed by atoms with E-state index in [0.29, 0.717) is 52.1 Å². The summed E-state index contributed by atoms with van der Waals surface area (Å²) in [6.45, 7) is 2.32. The van der Waals surface area contributed by atoms with Crippen molar-refractivity contribution < 1.29 is 28.5 Å². The van der Waals surface area contributed by atoms with Gasteiger partial charge >= 0.3 is 0 Å². The van der Waals surface area contributed by atoms with Crippen LogP contribution in [0.2, 0.25) is 0 Å². The molecule has 4 N–H and O–H groups in total. The van der Waals surface area contributed by atoms with Crippen molar-refractivity contribution in [1.29, 1.82) is 0 Å². The molecule has 2 aliphatic rings. The van der Waals surface area contributed by atoms with Crippen LogP contribution in [0.1, 0.15) is 36.8 Å². The summed E-state index contributed by atoms with van der Waals surface area (Å²) in [5.74, 6) is 1.18. The minimum Gasteiger partial charge on any atom is -0.497 e. The number of methoxy groups -OCH3 is 2. The van der Waals surface area contributed by atoms with Gasteiger partial charge in [0.15, 0.2) is 0 Å². The van der Waals surface area contributed by atoms with Gasteiger partial charge in [0, 0.05) is 45.6 Å². The van der Waals surface area contributed by atoms with Gasteiger partial charge in [0.05, 0.1) is 25.0 Å². The topological polar surface area (TPSA) is 123 Å². The van der Waals surface area contributed by atoms with Crippen LogP contribution in [0.15, 0.2) is 116 Å². The summed E-state index contributed by atoms with van der Waals surface area (Å²) in [7, 11) is 3.30. The molecule has 4 aromatic carbocycles. The van der Waals surface area contributed by atoms with E-state index in [1.165, 1.54) is 0 Å². The summed E-state index contributed by atoms with van der Waals surface area (Å²) in [5, 5.41) is 0. The summed E-state index contributed by atoms with van der Waals surface area (Å²) < 4.78 is 21.8. The van der Waals surface area contributed by atoms with E-state index in [2.05, 4.69) is 34.6 Å². The highest BCUT2D eigenvalue weighted by Gasteiger charge is 2.41. The van der Waals surface area contributed by atoms with Crippen LogP contribution in [-0.4, -0.2) is 52.5 Å². The number of halogens is 1. The molecule has 8 nitrogen and oxygen atoms in total. The summed E-state index contributed by atoms with van der Waals surface area (Å²) in [6, 6.07) is 31.4. The number of nitrogens with two attached hydrogens (primary N) is 2. The Hall–Kier alpha value is -3.48. The Morgan fingerprint density at radius 1 is 0.673 bits per heavy atom. The number of hydrogen-bond donors (Lipinski definition) is 3. The van der Waals surface area contributed by atoms with Gasteiger partial charge in [0.25, 0.3) is 0 Å². The molecule has 0 atom stereocenters. The van der Waals surface area contributed by atoms with Crippen LogP contribution < -0.4 is 20.9 Å². The lowest BCUT2D eigenvalue weighted by atomic mass is 9.73. The number of hydrogen-bond acceptors (Lipinski definition) is 8. The average Bonchev–Trinajstić information content (AvgIpc) is 3.13. The largest absolute Gasteiger partial charge is 0.497 e. The molecular weight excluding hydrogens is 724 g/mol. The maximum absolute atomic E-state index is 12.2. The number of carbonyl (C=O) groups is 2. The van der Waals surface area contributed by atoms with E-state index in [4.69, 9.17) is 30.4 Å². The Labute approximate surface area is 306 Å². The maximum atomic E-state index is 12.2. The first kappa shape index (κ1) is 38.3. The number of thiol groups is 1. The third-order valence-corrected chi connectivity index (χ3v) is 10.6. The van der Waals surface area contributed by atoms with E-state index in [9.17, 15) is 9.59 Å². The first-order valence-corrected chi connectivity index (χ1v) is 17.9. The lowest BCUT2D eigenvalue weighted by molar-refractivity contribution is -0.127. The lowest BCUT2D eigenvalue weighted by Gasteiger charge is -2.34. The zero-order valence-electron chi connectivity index (χ0n) is 27.7. The van der Waals surface area contributed by atoms with Gasteiger partial charge in [-0.1, -0.05) is 52.0 Å². The second-order valence-corrected chi connectivity index (χ2v) is 14.2. The Balaban J connectivity index is 0.000000185. The van der Waals surface area contributed by atoms with Gasteiger partial charge in [-0.15, -0.1) is 12.6 Å². The smallest absolute Gasteiger partial charge is 0.228 e. The number of ether oxygens (including phenoxy) is 4. The summed E-state index contributed by atoms with van der Waals surface area (Å²) >= 11 is 9.19. The van der Waals surface area contributed by atoms with Crippen molar-refractivity contribution >= 4 is 52.1 Å². The lowest BCUT2D eigenvalue weighted by Crippen LogP contribution is -2.45. The molecule has 0 saturated carbocycles. The maximum Gasteiger partial charge on any atom is 0.228 e. The van der Waals surface area contributed by atoms with Crippen molar-refractivity contribution in [2.45, 2.75) is 51.2 Å². The highest BCUT2D eigenvalue weighted by molar-refractivity contribution is 9.10.